The van der Waals surface area contributed by atoms with E-state index in [9.17, 15) is 4.79 Å². The molecule has 2 N–H and O–H groups in total. The Kier molecular flexibility index (Phi) is 6.23. The van der Waals surface area contributed by atoms with Gasteiger partial charge in [0.15, 0.2) is 15.8 Å². The Labute approximate surface area is 185 Å². The van der Waals surface area contributed by atoms with Gasteiger partial charge in [-0.05, 0) is 30.3 Å². The quantitative estimate of drug-likeness (QED) is 0.381. The van der Waals surface area contributed by atoms with Crippen LogP contribution in [0.4, 0.5) is 10.8 Å². The van der Waals surface area contributed by atoms with Crippen LogP contribution in [0.1, 0.15) is 5.82 Å². The van der Waals surface area contributed by atoms with Crippen LogP contribution in [0.2, 0.25) is 0 Å². The molecule has 0 fully saturated rings. The van der Waals surface area contributed by atoms with E-state index in [4.69, 9.17) is 14.2 Å². The summed E-state index contributed by atoms with van der Waals surface area (Å²) in [5, 5.41) is 12.7. The number of benzene rings is 2. The zero-order valence-corrected chi connectivity index (χ0v) is 18.6. The molecule has 0 bridgehead atoms. The first-order valence-electron chi connectivity index (χ1n) is 9.12. The average molecular weight is 458 g/mol. The molecule has 160 valence electrons. The summed E-state index contributed by atoms with van der Waals surface area (Å²) in [5.41, 5.74) is 1.19. The molecule has 0 atom stereocenters. The molecule has 9 nitrogen and oxygen atoms in total. The van der Waals surface area contributed by atoms with Gasteiger partial charge >= 0.3 is 0 Å². The average Bonchev–Trinajstić information content (AvgIpc) is 3.24. The minimum atomic E-state index is -0.235. The number of anilines is 2. The molecular formula is C20H19N5O4S2. The predicted molar refractivity (Wildman–Crippen MR) is 121 cm³/mol. The van der Waals surface area contributed by atoms with Crippen LogP contribution in [0, 0.1) is 0 Å². The van der Waals surface area contributed by atoms with E-state index in [0.29, 0.717) is 39.1 Å². The molecule has 0 aliphatic rings. The van der Waals surface area contributed by atoms with Crippen LogP contribution in [-0.4, -0.2) is 41.5 Å². The van der Waals surface area contributed by atoms with Gasteiger partial charge < -0.3 is 24.5 Å². The summed E-state index contributed by atoms with van der Waals surface area (Å²) in [4.78, 5) is 19.8. The van der Waals surface area contributed by atoms with Crippen molar-refractivity contribution in [2.24, 2.45) is 0 Å². The fraction of sp³-hybridized carbons (Fsp3) is 0.200. The molecule has 0 saturated heterocycles. The van der Waals surface area contributed by atoms with Crippen molar-refractivity contribution >= 4 is 44.8 Å². The van der Waals surface area contributed by atoms with Gasteiger partial charge in [-0.3, -0.25) is 4.79 Å². The first-order valence-corrected chi connectivity index (χ1v) is 10.9. The highest BCUT2D eigenvalue weighted by Crippen LogP contribution is 2.32. The van der Waals surface area contributed by atoms with Crippen molar-refractivity contribution in [3.8, 4) is 17.2 Å². The lowest BCUT2D eigenvalue weighted by Gasteiger charge is -2.09. The molecular weight excluding hydrogens is 438 g/mol. The maximum atomic E-state index is 12.5. The second-order valence-electron chi connectivity index (χ2n) is 6.25. The van der Waals surface area contributed by atoms with Gasteiger partial charge in [0, 0.05) is 11.8 Å². The molecule has 0 unspecified atom stereocenters. The van der Waals surface area contributed by atoms with Crippen molar-refractivity contribution in [3.63, 3.8) is 0 Å². The number of aromatic nitrogens is 4. The summed E-state index contributed by atoms with van der Waals surface area (Å²) in [6.07, 6.45) is 0. The molecule has 2 aromatic carbocycles. The van der Waals surface area contributed by atoms with Crippen molar-refractivity contribution in [2.75, 3.05) is 26.6 Å². The van der Waals surface area contributed by atoms with Gasteiger partial charge in [0.05, 0.1) is 38.0 Å². The smallest absolute Gasteiger partial charge is 0.258 e. The normalized spacial score (nSPS) is 10.8. The standard InChI is InChI=1S/C20H19N5O4S2/c1-27-12-6-4-11(5-7-12)21-19-24-25-20(31-19)30-10-17-22-14-9-16(29-3)15(28-2)8-13(14)18(26)23-17/h4-9H,10H2,1-3H3,(H,21,24)(H,22,23,26). The number of nitrogens with one attached hydrogen (secondary N) is 2. The monoisotopic (exact) mass is 457 g/mol. The number of hydrogen-bond acceptors (Lipinski definition) is 10. The summed E-state index contributed by atoms with van der Waals surface area (Å²) in [6, 6.07) is 10.9. The fourth-order valence-electron chi connectivity index (χ4n) is 2.83. The van der Waals surface area contributed by atoms with Gasteiger partial charge in [0.25, 0.3) is 5.56 Å². The molecule has 4 rings (SSSR count). The second kappa shape index (κ2) is 9.23. The minimum Gasteiger partial charge on any atom is -0.497 e. The second-order valence-corrected chi connectivity index (χ2v) is 8.45. The highest BCUT2D eigenvalue weighted by Gasteiger charge is 2.12. The molecule has 31 heavy (non-hydrogen) atoms. The summed E-state index contributed by atoms with van der Waals surface area (Å²) in [5.74, 6) is 2.76. The number of methoxy groups -OCH3 is 3. The number of aromatic amines is 1. The van der Waals surface area contributed by atoms with Crippen molar-refractivity contribution < 1.29 is 14.2 Å². The van der Waals surface area contributed by atoms with Crippen LogP contribution in [-0.2, 0) is 5.75 Å². The zero-order chi connectivity index (χ0) is 21.8. The Balaban J connectivity index is 1.47. The van der Waals surface area contributed by atoms with Crippen LogP contribution in [0.15, 0.2) is 45.5 Å². The van der Waals surface area contributed by atoms with Gasteiger partial charge in [0.1, 0.15) is 11.6 Å². The number of thioether (sulfide) groups is 1. The third-order valence-electron chi connectivity index (χ3n) is 4.34. The summed E-state index contributed by atoms with van der Waals surface area (Å²) in [6.45, 7) is 0. The van der Waals surface area contributed by atoms with Crippen molar-refractivity contribution in [2.45, 2.75) is 10.1 Å². The van der Waals surface area contributed by atoms with Gasteiger partial charge in [-0.15, -0.1) is 10.2 Å². The molecule has 0 amide bonds. The van der Waals surface area contributed by atoms with E-state index < -0.39 is 0 Å². The molecule has 0 aliphatic carbocycles. The first-order chi connectivity index (χ1) is 15.1. The Hall–Kier alpha value is -3.31. The van der Waals surface area contributed by atoms with Crippen molar-refractivity contribution in [1.29, 1.82) is 0 Å². The number of hydrogen-bond donors (Lipinski definition) is 2. The van der Waals surface area contributed by atoms with Crippen molar-refractivity contribution in [3.05, 3.63) is 52.6 Å². The number of nitrogens with zero attached hydrogens (tertiary/aromatic N) is 3. The summed E-state index contributed by atoms with van der Waals surface area (Å²) < 4.78 is 16.5. The lowest BCUT2D eigenvalue weighted by molar-refractivity contribution is 0.355. The number of fused-ring (bicyclic) bond motifs is 1. The van der Waals surface area contributed by atoms with Gasteiger partial charge in [0.2, 0.25) is 5.13 Å². The SMILES string of the molecule is COc1ccc(Nc2nnc(SCc3nc4cc(OC)c(OC)cc4c(=O)[nH]3)s2)cc1. The Morgan fingerprint density at radius 2 is 1.77 bits per heavy atom. The number of rotatable bonds is 8. The summed E-state index contributed by atoms with van der Waals surface area (Å²) >= 11 is 2.86. The number of H-pyrrole nitrogens is 1. The number of ether oxygens (including phenoxy) is 3. The zero-order valence-electron chi connectivity index (χ0n) is 17.0. The van der Waals surface area contributed by atoms with E-state index in [-0.39, 0.29) is 5.56 Å². The van der Waals surface area contributed by atoms with E-state index in [0.717, 1.165) is 15.8 Å². The first kappa shape index (κ1) is 20.9. The molecule has 2 heterocycles. The Morgan fingerprint density at radius 1 is 1.03 bits per heavy atom. The van der Waals surface area contributed by atoms with E-state index >= 15 is 0 Å². The molecule has 4 aromatic rings. The Bertz CT molecular complexity index is 1260. The molecule has 0 saturated carbocycles. The van der Waals surface area contributed by atoms with E-state index in [1.165, 1.54) is 30.2 Å². The molecule has 2 aromatic heterocycles. The van der Waals surface area contributed by atoms with Gasteiger partial charge in [-0.2, -0.15) is 0 Å². The lowest BCUT2D eigenvalue weighted by Crippen LogP contribution is -2.11. The topological polar surface area (TPSA) is 111 Å². The van der Waals surface area contributed by atoms with Crippen LogP contribution >= 0.6 is 23.1 Å². The highest BCUT2D eigenvalue weighted by atomic mass is 32.2. The van der Waals surface area contributed by atoms with Crippen LogP contribution in [0.3, 0.4) is 0 Å². The largest absolute Gasteiger partial charge is 0.497 e. The fourth-order valence-corrected chi connectivity index (χ4v) is 4.47. The van der Waals surface area contributed by atoms with E-state index in [2.05, 4.69) is 25.5 Å². The summed E-state index contributed by atoms with van der Waals surface area (Å²) in [7, 11) is 4.69. The highest BCUT2D eigenvalue weighted by molar-refractivity contribution is 8.00. The van der Waals surface area contributed by atoms with Gasteiger partial charge in [-0.25, -0.2) is 4.98 Å². The van der Waals surface area contributed by atoms with Crippen molar-refractivity contribution in [1.82, 2.24) is 20.2 Å². The molecule has 0 aliphatic heterocycles. The Morgan fingerprint density at radius 3 is 2.48 bits per heavy atom. The van der Waals surface area contributed by atoms with Gasteiger partial charge in [-0.1, -0.05) is 23.1 Å². The van der Waals surface area contributed by atoms with E-state index in [1.807, 2.05) is 24.3 Å². The molecule has 11 heteroatoms. The van der Waals surface area contributed by atoms with Crippen LogP contribution < -0.4 is 25.1 Å². The van der Waals surface area contributed by atoms with Crippen LogP contribution in [0.25, 0.3) is 10.9 Å². The third-order valence-corrected chi connectivity index (χ3v) is 6.32. The lowest BCUT2D eigenvalue weighted by atomic mass is 10.2. The van der Waals surface area contributed by atoms with E-state index in [1.54, 1.807) is 26.4 Å². The maximum Gasteiger partial charge on any atom is 0.258 e. The third kappa shape index (κ3) is 4.72. The van der Waals surface area contributed by atoms with Crippen LogP contribution in [0.5, 0.6) is 17.2 Å². The molecule has 0 radical (unpaired) electrons. The predicted octanol–water partition coefficient (Wildman–Crippen LogP) is 3.84. The minimum absolute atomic E-state index is 0.235. The maximum absolute atomic E-state index is 12.5. The molecule has 0 spiro atoms.